The van der Waals surface area contributed by atoms with Crippen LogP contribution in [0.4, 0.5) is 0 Å². The van der Waals surface area contributed by atoms with Gasteiger partial charge in [0.2, 0.25) is 0 Å². The molecule has 0 aliphatic carbocycles. The quantitative estimate of drug-likeness (QED) is 0.796. The fraction of sp³-hybridized carbons (Fsp3) is 0.625. The average molecular weight is 250 g/mol. The molecule has 0 bridgehead atoms. The lowest BCUT2D eigenvalue weighted by Gasteiger charge is -2.24. The van der Waals surface area contributed by atoms with Gasteiger partial charge in [-0.15, -0.1) is 0 Å². The van der Waals surface area contributed by atoms with Gasteiger partial charge in [0.25, 0.3) is 0 Å². The van der Waals surface area contributed by atoms with Gasteiger partial charge in [0.05, 0.1) is 12.2 Å². The smallest absolute Gasteiger partial charge is 0.0724 e. The highest BCUT2D eigenvalue weighted by Gasteiger charge is 2.17. The second-order valence-electron chi connectivity index (χ2n) is 5.57. The van der Waals surface area contributed by atoms with Gasteiger partial charge in [-0.25, -0.2) is 0 Å². The van der Waals surface area contributed by atoms with Gasteiger partial charge in [-0.3, -0.25) is 0 Å². The summed E-state index contributed by atoms with van der Waals surface area (Å²) in [5, 5.41) is 8.94. The van der Waals surface area contributed by atoms with Crippen molar-refractivity contribution in [3.05, 3.63) is 35.4 Å². The second kappa shape index (κ2) is 6.91. The Bertz CT molecular complexity index is 341. The summed E-state index contributed by atoms with van der Waals surface area (Å²) in [4.78, 5) is 0. The van der Waals surface area contributed by atoms with Crippen molar-refractivity contribution >= 4 is 0 Å². The number of ether oxygens (including phenoxy) is 1. The van der Waals surface area contributed by atoms with Crippen molar-refractivity contribution in [2.45, 2.75) is 58.7 Å². The molecule has 0 aromatic heterocycles. The lowest BCUT2D eigenvalue weighted by Crippen LogP contribution is -2.25. The average Bonchev–Trinajstić information content (AvgIpc) is 2.36. The molecule has 2 nitrogen and oxygen atoms in total. The van der Waals surface area contributed by atoms with Gasteiger partial charge in [-0.05, 0) is 43.7 Å². The minimum Gasteiger partial charge on any atom is -0.396 e. The normalized spacial score (nSPS) is 13.6. The highest BCUT2D eigenvalue weighted by molar-refractivity contribution is 5.24. The van der Waals surface area contributed by atoms with E-state index in [4.69, 9.17) is 9.84 Å². The Morgan fingerprint density at radius 2 is 1.83 bits per heavy atom. The van der Waals surface area contributed by atoms with E-state index in [1.807, 2.05) is 13.8 Å². The minimum absolute atomic E-state index is 0.167. The molecule has 1 unspecified atom stereocenters. The number of aliphatic hydroxyl groups excluding tert-OH is 1. The highest BCUT2D eigenvalue weighted by Crippen LogP contribution is 2.20. The van der Waals surface area contributed by atoms with Crippen LogP contribution in [0.25, 0.3) is 0 Å². The first-order chi connectivity index (χ1) is 8.48. The monoisotopic (exact) mass is 250 g/mol. The Kier molecular flexibility index (Phi) is 5.83. The number of hydrogen-bond donors (Lipinski definition) is 1. The predicted octanol–water partition coefficient (Wildman–Crippen LogP) is 3.88. The molecule has 1 rings (SSSR count). The third-order valence-corrected chi connectivity index (χ3v) is 3.50. The summed E-state index contributed by atoms with van der Waals surface area (Å²) in [6.45, 7) is 9.25. The van der Waals surface area contributed by atoms with Gasteiger partial charge in [-0.2, -0.15) is 0 Å². The van der Waals surface area contributed by atoms with Crippen LogP contribution in [0.15, 0.2) is 24.3 Å². The van der Waals surface area contributed by atoms with E-state index in [1.54, 1.807) is 0 Å². The summed E-state index contributed by atoms with van der Waals surface area (Å²) in [6, 6.07) is 8.64. The van der Waals surface area contributed by atoms with Crippen LogP contribution in [-0.2, 0) is 11.3 Å². The maximum atomic E-state index is 8.94. The van der Waals surface area contributed by atoms with E-state index in [9.17, 15) is 0 Å². The number of benzene rings is 1. The lowest BCUT2D eigenvalue weighted by molar-refractivity contribution is -0.0434. The molecule has 2 heteroatoms. The zero-order valence-electron chi connectivity index (χ0n) is 12.1. The van der Waals surface area contributed by atoms with Gasteiger partial charge >= 0.3 is 0 Å². The van der Waals surface area contributed by atoms with E-state index in [-0.39, 0.29) is 12.2 Å². The molecule has 0 heterocycles. The minimum atomic E-state index is -0.260. The molecule has 1 aromatic rings. The molecule has 18 heavy (non-hydrogen) atoms. The Labute approximate surface area is 111 Å². The van der Waals surface area contributed by atoms with Gasteiger partial charge in [0.15, 0.2) is 0 Å². The van der Waals surface area contributed by atoms with Crippen LogP contribution in [0.2, 0.25) is 0 Å². The first kappa shape index (κ1) is 15.2. The molecule has 0 radical (unpaired) electrons. The molecule has 0 fully saturated rings. The van der Waals surface area contributed by atoms with Crippen molar-refractivity contribution in [2.75, 3.05) is 6.61 Å². The third-order valence-electron chi connectivity index (χ3n) is 3.50. The fourth-order valence-electron chi connectivity index (χ4n) is 1.80. The van der Waals surface area contributed by atoms with E-state index in [0.717, 1.165) is 0 Å². The van der Waals surface area contributed by atoms with E-state index >= 15 is 0 Å². The van der Waals surface area contributed by atoms with Crippen LogP contribution in [0.5, 0.6) is 0 Å². The van der Waals surface area contributed by atoms with Gasteiger partial charge in [0, 0.05) is 6.61 Å². The van der Waals surface area contributed by atoms with Gasteiger partial charge < -0.3 is 9.84 Å². The van der Waals surface area contributed by atoms with Crippen molar-refractivity contribution in [1.29, 1.82) is 0 Å². The molecular weight excluding hydrogens is 224 g/mol. The standard InChI is InChI=1S/C16H26O2/c1-5-13(2)15-8-6-14(7-9-15)12-18-16(3,4)10-11-17/h6-9,13,17H,5,10-12H2,1-4H3. The van der Waals surface area contributed by atoms with E-state index in [2.05, 4.69) is 38.1 Å². The molecular formula is C16H26O2. The Morgan fingerprint density at radius 1 is 1.22 bits per heavy atom. The number of aliphatic hydroxyl groups is 1. The maximum absolute atomic E-state index is 8.94. The largest absolute Gasteiger partial charge is 0.396 e. The van der Waals surface area contributed by atoms with Gasteiger partial charge in [-0.1, -0.05) is 38.1 Å². The topological polar surface area (TPSA) is 29.5 Å². The van der Waals surface area contributed by atoms with Crippen molar-refractivity contribution in [3.63, 3.8) is 0 Å². The molecule has 0 saturated carbocycles. The van der Waals surface area contributed by atoms with Crippen molar-refractivity contribution in [1.82, 2.24) is 0 Å². The van der Waals surface area contributed by atoms with Crippen molar-refractivity contribution < 1.29 is 9.84 Å². The summed E-state index contributed by atoms with van der Waals surface area (Å²) in [6.07, 6.45) is 1.83. The SMILES string of the molecule is CCC(C)c1ccc(COC(C)(C)CCO)cc1. The molecule has 0 aliphatic rings. The Balaban J connectivity index is 2.54. The molecule has 1 N–H and O–H groups in total. The summed E-state index contributed by atoms with van der Waals surface area (Å²) < 4.78 is 5.82. The molecule has 0 saturated heterocycles. The van der Waals surface area contributed by atoms with Crippen LogP contribution in [0, 0.1) is 0 Å². The molecule has 1 atom stereocenters. The zero-order valence-corrected chi connectivity index (χ0v) is 12.1. The molecule has 1 aromatic carbocycles. The second-order valence-corrected chi connectivity index (χ2v) is 5.57. The lowest BCUT2D eigenvalue weighted by atomic mass is 9.98. The summed E-state index contributed by atoms with van der Waals surface area (Å²) in [5.74, 6) is 0.616. The van der Waals surface area contributed by atoms with Crippen molar-refractivity contribution in [2.24, 2.45) is 0 Å². The fourth-order valence-corrected chi connectivity index (χ4v) is 1.80. The highest BCUT2D eigenvalue weighted by atomic mass is 16.5. The first-order valence-electron chi connectivity index (χ1n) is 6.82. The maximum Gasteiger partial charge on any atom is 0.0724 e. The molecule has 0 spiro atoms. The molecule has 0 aliphatic heterocycles. The number of rotatable bonds is 7. The van der Waals surface area contributed by atoms with Crippen LogP contribution in [0.3, 0.4) is 0 Å². The van der Waals surface area contributed by atoms with Gasteiger partial charge in [0.1, 0.15) is 0 Å². The summed E-state index contributed by atoms with van der Waals surface area (Å²) >= 11 is 0. The number of hydrogen-bond acceptors (Lipinski definition) is 2. The summed E-state index contributed by atoms with van der Waals surface area (Å²) in [5.41, 5.74) is 2.31. The van der Waals surface area contributed by atoms with Crippen LogP contribution in [0.1, 0.15) is 57.6 Å². The molecule has 0 amide bonds. The zero-order chi connectivity index (χ0) is 13.6. The van der Waals surface area contributed by atoms with Crippen LogP contribution >= 0.6 is 0 Å². The molecule has 102 valence electrons. The third kappa shape index (κ3) is 4.79. The van der Waals surface area contributed by atoms with E-state index in [0.29, 0.717) is 18.9 Å². The predicted molar refractivity (Wildman–Crippen MR) is 75.7 cm³/mol. The first-order valence-corrected chi connectivity index (χ1v) is 6.82. The summed E-state index contributed by atoms with van der Waals surface area (Å²) in [7, 11) is 0. The van der Waals surface area contributed by atoms with Crippen LogP contribution in [-0.4, -0.2) is 17.3 Å². The van der Waals surface area contributed by atoms with E-state index < -0.39 is 0 Å². The Hall–Kier alpha value is -0.860. The van der Waals surface area contributed by atoms with E-state index in [1.165, 1.54) is 17.5 Å². The van der Waals surface area contributed by atoms with Crippen molar-refractivity contribution in [3.8, 4) is 0 Å². The Morgan fingerprint density at radius 3 is 2.33 bits per heavy atom. The van der Waals surface area contributed by atoms with Crippen LogP contribution < -0.4 is 0 Å².